The molecule has 0 saturated heterocycles. The van der Waals surface area contributed by atoms with Crippen LogP contribution < -0.4 is 0 Å². The molecule has 2 aromatic carbocycles. The van der Waals surface area contributed by atoms with Crippen LogP contribution in [0, 0.1) is 0 Å². The fourth-order valence-corrected chi connectivity index (χ4v) is 4.81. The van der Waals surface area contributed by atoms with Gasteiger partial charge in [-0.1, -0.05) is 107 Å². The van der Waals surface area contributed by atoms with Gasteiger partial charge in [0.05, 0.1) is 12.5 Å². The van der Waals surface area contributed by atoms with Gasteiger partial charge in [-0.15, -0.1) is 0 Å². The van der Waals surface area contributed by atoms with Crippen molar-refractivity contribution in [3.8, 4) is 0 Å². The van der Waals surface area contributed by atoms with E-state index in [9.17, 15) is 15.0 Å². The van der Waals surface area contributed by atoms with Crippen LogP contribution >= 0.6 is 0 Å². The highest BCUT2D eigenvalue weighted by molar-refractivity contribution is 5.69. The van der Waals surface area contributed by atoms with Crippen LogP contribution in [0.15, 0.2) is 60.7 Å². The summed E-state index contributed by atoms with van der Waals surface area (Å²) in [6.45, 7) is 6.65. The number of benzene rings is 2. The molecule has 2 aromatic rings. The van der Waals surface area contributed by atoms with Gasteiger partial charge in [-0.25, -0.2) is 0 Å². The molecular weight excluding hydrogens is 396 g/mol. The Labute approximate surface area is 194 Å². The largest absolute Gasteiger partial charge is 0.481 e. The fourth-order valence-electron chi connectivity index (χ4n) is 4.81. The van der Waals surface area contributed by atoms with Crippen molar-refractivity contribution in [2.75, 3.05) is 0 Å². The van der Waals surface area contributed by atoms with Crippen LogP contribution in [0.5, 0.6) is 0 Å². The van der Waals surface area contributed by atoms with Crippen molar-refractivity contribution in [2.24, 2.45) is 0 Å². The summed E-state index contributed by atoms with van der Waals surface area (Å²) in [6, 6.07) is 20.7. The number of carbonyl (C=O) groups is 1. The van der Waals surface area contributed by atoms with E-state index in [1.165, 1.54) is 5.56 Å². The maximum absolute atomic E-state index is 11.4. The Morgan fingerprint density at radius 3 is 1.66 bits per heavy atom. The summed E-state index contributed by atoms with van der Waals surface area (Å²) in [7, 11) is 0. The van der Waals surface area contributed by atoms with Gasteiger partial charge in [0.15, 0.2) is 0 Å². The molecule has 2 rings (SSSR count). The first-order valence-corrected chi connectivity index (χ1v) is 12.3. The molecule has 0 fully saturated rings. The maximum atomic E-state index is 11.4. The zero-order valence-corrected chi connectivity index (χ0v) is 20.2. The Kier molecular flexibility index (Phi) is 10.4. The monoisotopic (exact) mass is 438 g/mol. The molecule has 0 radical (unpaired) electrons. The molecule has 0 aliphatic rings. The molecule has 3 heteroatoms. The summed E-state index contributed by atoms with van der Waals surface area (Å²) in [5, 5.41) is 19.8. The lowest BCUT2D eigenvalue weighted by Gasteiger charge is -2.29. The van der Waals surface area contributed by atoms with Gasteiger partial charge in [-0.2, -0.15) is 0 Å². The van der Waals surface area contributed by atoms with Crippen molar-refractivity contribution in [2.45, 2.75) is 102 Å². The molecule has 0 heterocycles. The van der Waals surface area contributed by atoms with Crippen molar-refractivity contribution in [3.63, 3.8) is 0 Å². The van der Waals surface area contributed by atoms with Gasteiger partial charge in [0.25, 0.3) is 0 Å². The molecule has 0 saturated carbocycles. The average Bonchev–Trinajstić information content (AvgIpc) is 2.80. The Morgan fingerprint density at radius 1 is 0.781 bits per heavy atom. The summed E-state index contributed by atoms with van der Waals surface area (Å²) in [6.07, 6.45) is 8.63. The number of aliphatic carboxylic acids is 1. The molecule has 32 heavy (non-hydrogen) atoms. The van der Waals surface area contributed by atoms with Crippen molar-refractivity contribution in [1.82, 2.24) is 0 Å². The molecule has 0 aliphatic carbocycles. The molecule has 3 unspecified atom stereocenters. The molecule has 176 valence electrons. The predicted octanol–water partition coefficient (Wildman–Crippen LogP) is 7.27. The Bertz CT molecular complexity index is 789. The number of aliphatic hydroxyl groups excluding tert-OH is 1. The highest BCUT2D eigenvalue weighted by Crippen LogP contribution is 2.34. The minimum absolute atomic E-state index is 0.136. The van der Waals surface area contributed by atoms with E-state index < -0.39 is 5.97 Å². The van der Waals surface area contributed by atoms with Crippen LogP contribution in [0.2, 0.25) is 0 Å². The molecule has 0 bridgehead atoms. The molecule has 2 N–H and O–H groups in total. The van der Waals surface area contributed by atoms with Crippen LogP contribution in [0.25, 0.3) is 0 Å². The lowest BCUT2D eigenvalue weighted by molar-refractivity contribution is -0.138. The summed E-state index contributed by atoms with van der Waals surface area (Å²) in [4.78, 5) is 11.4. The second-order valence-electron chi connectivity index (χ2n) is 9.92. The fraction of sp³-hybridized carbons (Fsp3) is 0.552. The Hall–Kier alpha value is -2.13. The number of hydrogen-bond donors (Lipinski definition) is 2. The van der Waals surface area contributed by atoms with E-state index in [0.717, 1.165) is 63.4 Å². The molecule has 0 aromatic heterocycles. The normalized spacial score (nSPS) is 16.1. The van der Waals surface area contributed by atoms with Gasteiger partial charge in [-0.3, -0.25) is 4.79 Å². The standard InChI is InChI=1S/C29H42O3/c1-4-28(2,24-15-7-5-8-16-24)21-13-11-19-26(30)20-12-14-22-29(3,23-27(31)32)25-17-9-6-10-18-25/h5-10,15-18,26,30H,4,11-14,19-23H2,1-3H3,(H,31,32). The third-order valence-corrected chi connectivity index (χ3v) is 7.29. The van der Waals surface area contributed by atoms with E-state index in [0.29, 0.717) is 0 Å². The Balaban J connectivity index is 1.71. The van der Waals surface area contributed by atoms with Gasteiger partial charge in [0.1, 0.15) is 0 Å². The summed E-state index contributed by atoms with van der Waals surface area (Å²) < 4.78 is 0. The van der Waals surface area contributed by atoms with Crippen molar-refractivity contribution in [1.29, 1.82) is 0 Å². The van der Waals surface area contributed by atoms with Gasteiger partial charge in [0, 0.05) is 5.41 Å². The van der Waals surface area contributed by atoms with Crippen LogP contribution in [0.4, 0.5) is 0 Å². The third kappa shape index (κ3) is 8.09. The zero-order valence-electron chi connectivity index (χ0n) is 20.2. The van der Waals surface area contributed by atoms with Crippen LogP contribution in [0.1, 0.15) is 96.1 Å². The summed E-state index contributed by atoms with van der Waals surface area (Å²) >= 11 is 0. The van der Waals surface area contributed by atoms with Crippen molar-refractivity contribution >= 4 is 5.97 Å². The smallest absolute Gasteiger partial charge is 0.304 e. The predicted molar refractivity (Wildman–Crippen MR) is 133 cm³/mol. The van der Waals surface area contributed by atoms with E-state index in [1.807, 2.05) is 37.3 Å². The molecule has 0 amide bonds. The number of unbranched alkanes of at least 4 members (excludes halogenated alkanes) is 2. The first-order valence-electron chi connectivity index (χ1n) is 12.3. The molecular formula is C29H42O3. The second kappa shape index (κ2) is 12.8. The van der Waals surface area contributed by atoms with Gasteiger partial charge < -0.3 is 10.2 Å². The van der Waals surface area contributed by atoms with E-state index in [-0.39, 0.29) is 23.4 Å². The number of carboxylic acid groups (broad SMARTS) is 1. The van der Waals surface area contributed by atoms with Crippen molar-refractivity contribution < 1.29 is 15.0 Å². The molecule has 3 nitrogen and oxygen atoms in total. The van der Waals surface area contributed by atoms with E-state index in [2.05, 4.69) is 44.2 Å². The van der Waals surface area contributed by atoms with Crippen LogP contribution in [-0.2, 0) is 15.6 Å². The number of carboxylic acids is 1. The number of rotatable bonds is 15. The first kappa shape index (κ1) is 26.1. The van der Waals surface area contributed by atoms with E-state index in [1.54, 1.807) is 0 Å². The lowest BCUT2D eigenvalue weighted by Crippen LogP contribution is -2.26. The topological polar surface area (TPSA) is 57.5 Å². The van der Waals surface area contributed by atoms with E-state index >= 15 is 0 Å². The summed E-state index contributed by atoms with van der Waals surface area (Å²) in [5.41, 5.74) is 2.34. The third-order valence-electron chi connectivity index (χ3n) is 7.29. The highest BCUT2D eigenvalue weighted by atomic mass is 16.4. The first-order chi connectivity index (χ1) is 15.3. The second-order valence-corrected chi connectivity index (χ2v) is 9.92. The average molecular weight is 439 g/mol. The summed E-state index contributed by atoms with van der Waals surface area (Å²) in [5.74, 6) is -0.758. The van der Waals surface area contributed by atoms with E-state index in [4.69, 9.17) is 0 Å². The van der Waals surface area contributed by atoms with Crippen LogP contribution in [-0.4, -0.2) is 22.3 Å². The highest BCUT2D eigenvalue weighted by Gasteiger charge is 2.29. The number of hydrogen-bond acceptors (Lipinski definition) is 2. The zero-order chi connectivity index (χ0) is 23.5. The van der Waals surface area contributed by atoms with Gasteiger partial charge in [0.2, 0.25) is 0 Å². The molecule has 0 spiro atoms. The van der Waals surface area contributed by atoms with Gasteiger partial charge >= 0.3 is 5.97 Å². The Morgan fingerprint density at radius 2 is 1.22 bits per heavy atom. The minimum Gasteiger partial charge on any atom is -0.481 e. The van der Waals surface area contributed by atoms with Crippen LogP contribution in [0.3, 0.4) is 0 Å². The molecule has 3 atom stereocenters. The van der Waals surface area contributed by atoms with Crippen molar-refractivity contribution in [3.05, 3.63) is 71.8 Å². The lowest BCUT2D eigenvalue weighted by atomic mass is 9.75. The SMILES string of the molecule is CCC(C)(CCCCC(O)CCCCC(C)(CC(=O)O)c1ccccc1)c1ccccc1. The number of aliphatic hydroxyl groups is 1. The quantitative estimate of drug-likeness (QED) is 0.287. The minimum atomic E-state index is -0.758. The van der Waals surface area contributed by atoms with Gasteiger partial charge in [-0.05, 0) is 48.6 Å². The maximum Gasteiger partial charge on any atom is 0.304 e. The molecule has 0 aliphatic heterocycles.